The summed E-state index contributed by atoms with van der Waals surface area (Å²) in [7, 11) is 0. The minimum Gasteiger partial charge on any atom is -0.484 e. The molecular weight excluding hydrogens is 330 g/mol. The molecule has 0 fully saturated rings. The van der Waals surface area contributed by atoms with E-state index in [1.807, 2.05) is 30.3 Å². The van der Waals surface area contributed by atoms with Crippen molar-refractivity contribution in [1.82, 2.24) is 9.78 Å². The highest BCUT2D eigenvalue weighted by atomic mass is 16.5. The topological polar surface area (TPSA) is 73.2 Å². The van der Waals surface area contributed by atoms with E-state index in [2.05, 4.69) is 10.4 Å². The van der Waals surface area contributed by atoms with Crippen LogP contribution in [0.5, 0.6) is 5.75 Å². The number of amides is 1. The van der Waals surface area contributed by atoms with Gasteiger partial charge in [0.05, 0.1) is 12.7 Å². The molecule has 1 amide bonds. The van der Waals surface area contributed by atoms with E-state index >= 15 is 0 Å². The lowest BCUT2D eigenvalue weighted by Gasteiger charge is -2.10. The second-order valence-electron chi connectivity index (χ2n) is 5.78. The summed E-state index contributed by atoms with van der Waals surface area (Å²) in [5.74, 6) is 0.725. The van der Waals surface area contributed by atoms with Crippen LogP contribution in [0.25, 0.3) is 0 Å². The number of carbonyl (C=O) groups excluding carboxylic acids is 2. The number of hydrogen-bond donors (Lipinski definition) is 1. The quantitative estimate of drug-likeness (QED) is 0.665. The molecule has 0 aliphatic carbocycles. The van der Waals surface area contributed by atoms with Gasteiger partial charge in [-0.2, -0.15) is 5.10 Å². The zero-order valence-corrected chi connectivity index (χ0v) is 14.4. The maximum atomic E-state index is 12.2. The lowest BCUT2D eigenvalue weighted by Crippen LogP contribution is -2.22. The van der Waals surface area contributed by atoms with Crippen LogP contribution in [0.2, 0.25) is 0 Å². The second kappa shape index (κ2) is 8.11. The van der Waals surface area contributed by atoms with Crippen LogP contribution >= 0.6 is 0 Å². The summed E-state index contributed by atoms with van der Waals surface area (Å²) in [6.45, 7) is 1.89. The van der Waals surface area contributed by atoms with Gasteiger partial charge in [-0.3, -0.25) is 9.59 Å². The smallest absolute Gasteiger partial charge is 0.263 e. The van der Waals surface area contributed by atoms with Gasteiger partial charge in [0.2, 0.25) is 0 Å². The number of anilines is 1. The predicted octanol–water partition coefficient (Wildman–Crippen LogP) is 3.15. The summed E-state index contributed by atoms with van der Waals surface area (Å²) in [4.78, 5) is 23.6. The summed E-state index contributed by atoms with van der Waals surface area (Å²) in [5, 5.41) is 7.03. The molecule has 0 atom stereocenters. The molecule has 0 aliphatic rings. The minimum atomic E-state index is -0.298. The number of rotatable bonds is 7. The molecule has 1 aromatic heterocycles. The number of nitrogens with one attached hydrogen (secondary N) is 1. The van der Waals surface area contributed by atoms with Crippen molar-refractivity contribution in [2.45, 2.75) is 13.5 Å². The third-order valence-electron chi connectivity index (χ3n) is 3.77. The zero-order valence-electron chi connectivity index (χ0n) is 14.4. The first-order chi connectivity index (χ1) is 12.6. The Labute approximate surface area is 151 Å². The molecule has 3 rings (SSSR count). The first-order valence-corrected chi connectivity index (χ1v) is 8.21. The van der Waals surface area contributed by atoms with Crippen LogP contribution < -0.4 is 10.1 Å². The summed E-state index contributed by atoms with van der Waals surface area (Å²) < 4.78 is 7.18. The molecule has 6 heteroatoms. The SMILES string of the molecule is CC(=O)c1cccc(OCC(=O)Nc2ccnn2Cc2ccccc2)c1. The predicted molar refractivity (Wildman–Crippen MR) is 98.3 cm³/mol. The van der Waals surface area contributed by atoms with E-state index in [1.165, 1.54) is 6.92 Å². The van der Waals surface area contributed by atoms with Gasteiger partial charge in [-0.15, -0.1) is 0 Å². The molecule has 0 aliphatic heterocycles. The molecule has 6 nitrogen and oxygen atoms in total. The highest BCUT2D eigenvalue weighted by molar-refractivity contribution is 5.94. The Morgan fingerprint density at radius 1 is 1.08 bits per heavy atom. The van der Waals surface area contributed by atoms with Crippen molar-refractivity contribution in [2.75, 3.05) is 11.9 Å². The molecule has 132 valence electrons. The van der Waals surface area contributed by atoms with E-state index in [4.69, 9.17) is 4.74 Å². The molecule has 1 heterocycles. The van der Waals surface area contributed by atoms with Gasteiger partial charge >= 0.3 is 0 Å². The Hall–Kier alpha value is -3.41. The lowest BCUT2D eigenvalue weighted by molar-refractivity contribution is -0.118. The highest BCUT2D eigenvalue weighted by Gasteiger charge is 2.09. The molecule has 1 N–H and O–H groups in total. The lowest BCUT2D eigenvalue weighted by atomic mass is 10.1. The minimum absolute atomic E-state index is 0.0512. The van der Waals surface area contributed by atoms with Crippen molar-refractivity contribution in [3.05, 3.63) is 78.0 Å². The van der Waals surface area contributed by atoms with Gasteiger partial charge in [0.1, 0.15) is 11.6 Å². The van der Waals surface area contributed by atoms with Gasteiger partial charge in [-0.1, -0.05) is 42.5 Å². The molecule has 26 heavy (non-hydrogen) atoms. The zero-order chi connectivity index (χ0) is 18.4. The van der Waals surface area contributed by atoms with E-state index in [0.29, 0.717) is 23.7 Å². The highest BCUT2D eigenvalue weighted by Crippen LogP contribution is 2.14. The maximum Gasteiger partial charge on any atom is 0.263 e. The number of hydrogen-bond acceptors (Lipinski definition) is 4. The molecule has 0 spiro atoms. The van der Waals surface area contributed by atoms with Crippen molar-refractivity contribution < 1.29 is 14.3 Å². The first kappa shape index (κ1) is 17.4. The number of Topliss-reactive ketones (excluding diaryl/α,β-unsaturated/α-hetero) is 1. The standard InChI is InChI=1S/C20H19N3O3/c1-15(24)17-8-5-9-18(12-17)26-14-20(25)22-19-10-11-21-23(19)13-16-6-3-2-4-7-16/h2-12H,13-14H2,1H3,(H,22,25). The Morgan fingerprint density at radius 3 is 2.65 bits per heavy atom. The average molecular weight is 349 g/mol. The fourth-order valence-electron chi connectivity index (χ4n) is 2.45. The Kier molecular flexibility index (Phi) is 5.43. The molecule has 2 aromatic carbocycles. The fraction of sp³-hybridized carbons (Fsp3) is 0.150. The van der Waals surface area contributed by atoms with Gasteiger partial charge < -0.3 is 10.1 Å². The first-order valence-electron chi connectivity index (χ1n) is 8.21. The number of nitrogens with zero attached hydrogens (tertiary/aromatic N) is 2. The largest absolute Gasteiger partial charge is 0.484 e. The fourth-order valence-corrected chi connectivity index (χ4v) is 2.45. The van der Waals surface area contributed by atoms with E-state index < -0.39 is 0 Å². The molecule has 0 bridgehead atoms. The third kappa shape index (κ3) is 4.57. The van der Waals surface area contributed by atoms with Crippen LogP contribution in [0.1, 0.15) is 22.8 Å². The van der Waals surface area contributed by atoms with Crippen molar-refractivity contribution in [2.24, 2.45) is 0 Å². The van der Waals surface area contributed by atoms with E-state index in [-0.39, 0.29) is 18.3 Å². The van der Waals surface area contributed by atoms with E-state index in [1.54, 1.807) is 41.2 Å². The van der Waals surface area contributed by atoms with Crippen molar-refractivity contribution >= 4 is 17.5 Å². The van der Waals surface area contributed by atoms with Crippen LogP contribution in [0.3, 0.4) is 0 Å². The Balaban J connectivity index is 1.58. The number of benzene rings is 2. The van der Waals surface area contributed by atoms with Crippen LogP contribution in [0.4, 0.5) is 5.82 Å². The van der Waals surface area contributed by atoms with Crippen LogP contribution in [0.15, 0.2) is 66.9 Å². The second-order valence-corrected chi connectivity index (χ2v) is 5.78. The third-order valence-corrected chi connectivity index (χ3v) is 3.77. The Bertz CT molecular complexity index is 903. The summed E-state index contributed by atoms with van der Waals surface area (Å²) in [5.41, 5.74) is 1.63. The van der Waals surface area contributed by atoms with Crippen LogP contribution in [-0.4, -0.2) is 28.1 Å². The van der Waals surface area contributed by atoms with Gasteiger partial charge in [-0.05, 0) is 24.6 Å². The van der Waals surface area contributed by atoms with Gasteiger partial charge in [0, 0.05) is 11.6 Å². The van der Waals surface area contributed by atoms with Gasteiger partial charge in [-0.25, -0.2) is 4.68 Å². The molecule has 0 radical (unpaired) electrons. The Morgan fingerprint density at radius 2 is 1.88 bits per heavy atom. The number of ketones is 1. The summed E-state index contributed by atoms with van der Waals surface area (Å²) in [6, 6.07) is 18.4. The van der Waals surface area contributed by atoms with Gasteiger partial charge in [0.15, 0.2) is 12.4 Å². The summed E-state index contributed by atoms with van der Waals surface area (Å²) >= 11 is 0. The monoisotopic (exact) mass is 349 g/mol. The molecule has 0 saturated carbocycles. The van der Waals surface area contributed by atoms with Crippen LogP contribution in [-0.2, 0) is 11.3 Å². The van der Waals surface area contributed by atoms with Crippen LogP contribution in [0, 0.1) is 0 Å². The molecule has 3 aromatic rings. The molecule has 0 unspecified atom stereocenters. The van der Waals surface area contributed by atoms with Crippen molar-refractivity contribution in [1.29, 1.82) is 0 Å². The maximum absolute atomic E-state index is 12.2. The molecule has 0 saturated heterocycles. The number of aromatic nitrogens is 2. The average Bonchev–Trinajstić information content (AvgIpc) is 3.07. The summed E-state index contributed by atoms with van der Waals surface area (Å²) in [6.07, 6.45) is 1.63. The van der Waals surface area contributed by atoms with Gasteiger partial charge in [0.25, 0.3) is 5.91 Å². The number of ether oxygens (including phenoxy) is 1. The van der Waals surface area contributed by atoms with Crippen molar-refractivity contribution in [3.8, 4) is 5.75 Å². The van der Waals surface area contributed by atoms with Crippen molar-refractivity contribution in [3.63, 3.8) is 0 Å². The van der Waals surface area contributed by atoms with E-state index in [0.717, 1.165) is 5.56 Å². The normalized spacial score (nSPS) is 10.3. The van der Waals surface area contributed by atoms with E-state index in [9.17, 15) is 9.59 Å². The number of carbonyl (C=O) groups is 2. The molecular formula is C20H19N3O3.